The Morgan fingerprint density at radius 3 is 2.59 bits per heavy atom. The van der Waals surface area contributed by atoms with Crippen LogP contribution in [0.2, 0.25) is 0 Å². The van der Waals surface area contributed by atoms with E-state index in [1.165, 1.54) is 0 Å². The van der Waals surface area contributed by atoms with Crippen LogP contribution >= 0.6 is 0 Å². The second-order valence-electron chi connectivity index (χ2n) is 4.63. The number of nitrogens with zero attached hydrogens (tertiary/aromatic N) is 3. The number of pyridine rings is 1. The Morgan fingerprint density at radius 1 is 1.12 bits per heavy atom. The van der Waals surface area contributed by atoms with E-state index in [4.69, 9.17) is 11.5 Å². The average Bonchev–Trinajstić information content (AvgIpc) is 2.52. The predicted molar refractivity (Wildman–Crippen MR) is 71.1 cm³/mol. The van der Waals surface area contributed by atoms with Crippen LogP contribution in [0.5, 0.6) is 0 Å². The number of rotatable bonds is 0. The molecule has 0 radical (unpaired) electrons. The number of hydrogen-bond donors (Lipinski definition) is 2. The third-order valence-corrected chi connectivity index (χ3v) is 3.23. The summed E-state index contributed by atoms with van der Waals surface area (Å²) >= 11 is 0. The van der Waals surface area contributed by atoms with Gasteiger partial charge in [0.05, 0.1) is 25.0 Å². The molecule has 1 aliphatic heterocycles. The molecule has 4 N–H and O–H groups in total. The van der Waals surface area contributed by atoms with Gasteiger partial charge in [0, 0.05) is 0 Å². The number of benzene rings is 1. The van der Waals surface area contributed by atoms with E-state index in [9.17, 15) is 0 Å². The van der Waals surface area contributed by atoms with Crippen LogP contribution in [0.3, 0.4) is 0 Å². The monoisotopic (exact) mass is 228 g/mol. The number of anilines is 1. The second kappa shape index (κ2) is 2.95. The lowest BCUT2D eigenvalue weighted by Gasteiger charge is -2.23. The van der Waals surface area contributed by atoms with Gasteiger partial charge in [0.2, 0.25) is 0 Å². The largest absolute Gasteiger partial charge is 0.382 e. The normalized spacial score (nSPS) is 16.9. The lowest BCUT2D eigenvalue weighted by Crippen LogP contribution is -2.49. The van der Waals surface area contributed by atoms with Crippen molar-refractivity contribution in [3.05, 3.63) is 24.3 Å². The van der Waals surface area contributed by atoms with Gasteiger partial charge in [-0.1, -0.05) is 12.1 Å². The van der Waals surface area contributed by atoms with Gasteiger partial charge in [0.25, 0.3) is 0 Å². The van der Waals surface area contributed by atoms with Crippen LogP contribution in [0.25, 0.3) is 10.9 Å². The number of aliphatic imine (C=N–C) groups is 1. The fourth-order valence-corrected chi connectivity index (χ4v) is 2.23. The number of aromatic nitrogens is 1. The summed E-state index contributed by atoms with van der Waals surface area (Å²) in [5, 5.41) is 1.05. The van der Waals surface area contributed by atoms with Gasteiger partial charge >= 0.3 is 5.96 Å². The molecule has 86 valence electrons. The molecule has 0 saturated heterocycles. The van der Waals surface area contributed by atoms with Crippen LogP contribution in [0.15, 0.2) is 29.3 Å². The Bertz CT molecular complexity index is 657. The molecule has 5 nitrogen and oxygen atoms in total. The Balaban J connectivity index is 2.50. The summed E-state index contributed by atoms with van der Waals surface area (Å²) < 4.78 is 0.419. The van der Waals surface area contributed by atoms with Gasteiger partial charge in [-0.15, -0.1) is 0 Å². The summed E-state index contributed by atoms with van der Waals surface area (Å²) in [6.07, 6.45) is 0. The van der Waals surface area contributed by atoms with Crippen LogP contribution < -0.4 is 16.0 Å². The Kier molecular flexibility index (Phi) is 1.74. The third kappa shape index (κ3) is 1.17. The number of guanidine groups is 1. The molecule has 0 unspecified atom stereocenters. The van der Waals surface area contributed by atoms with E-state index in [0.717, 1.165) is 16.6 Å². The minimum absolute atomic E-state index is 0.419. The maximum atomic E-state index is 5.96. The smallest absolute Gasteiger partial charge is 0.305 e. The van der Waals surface area contributed by atoms with Crippen LogP contribution in [0, 0.1) is 0 Å². The molecule has 0 fully saturated rings. The number of nitrogen functional groups attached to an aromatic ring is 1. The highest BCUT2D eigenvalue weighted by atomic mass is 15.4. The molecule has 2 aromatic rings. The first-order valence-electron chi connectivity index (χ1n) is 5.39. The van der Waals surface area contributed by atoms with Crippen molar-refractivity contribution in [2.24, 2.45) is 10.7 Å². The molecular weight excluding hydrogens is 214 g/mol. The number of quaternary nitrogens is 1. The van der Waals surface area contributed by atoms with Gasteiger partial charge in [-0.05, 0) is 12.1 Å². The number of nitrogens with two attached hydrogens (primary N) is 2. The molecule has 1 aromatic heterocycles. The highest BCUT2D eigenvalue weighted by Crippen LogP contribution is 2.45. The van der Waals surface area contributed by atoms with Crippen molar-refractivity contribution >= 4 is 34.1 Å². The van der Waals surface area contributed by atoms with Crippen molar-refractivity contribution in [3.63, 3.8) is 0 Å². The van der Waals surface area contributed by atoms with E-state index < -0.39 is 0 Å². The molecule has 0 amide bonds. The molecule has 0 bridgehead atoms. The molecule has 5 heteroatoms. The lowest BCUT2D eigenvalue weighted by molar-refractivity contribution is 0.605. The molecule has 0 saturated carbocycles. The number of para-hydroxylation sites is 1. The molecule has 1 aromatic carbocycles. The number of hydrogen-bond acceptors (Lipinski definition) is 4. The SMILES string of the molecule is C[N+]1(C)C(N)=Nc2c(N)nc3ccccc3c21. The van der Waals surface area contributed by atoms with Crippen LogP contribution in [-0.4, -0.2) is 25.0 Å². The van der Waals surface area contributed by atoms with Gasteiger partial charge in [-0.25, -0.2) is 9.47 Å². The first-order chi connectivity index (χ1) is 8.01. The Labute approximate surface area is 99.0 Å². The predicted octanol–water partition coefficient (Wildman–Crippen LogP) is 1.34. The zero-order valence-corrected chi connectivity index (χ0v) is 9.81. The molecule has 0 atom stereocenters. The first kappa shape index (κ1) is 10.0. The summed E-state index contributed by atoms with van der Waals surface area (Å²) in [6, 6.07) is 7.89. The summed E-state index contributed by atoms with van der Waals surface area (Å²) in [4.78, 5) is 8.69. The second-order valence-corrected chi connectivity index (χ2v) is 4.63. The molecule has 1 aliphatic rings. The first-order valence-corrected chi connectivity index (χ1v) is 5.39. The van der Waals surface area contributed by atoms with Crippen LogP contribution in [0.1, 0.15) is 0 Å². The topological polar surface area (TPSA) is 77.3 Å². The van der Waals surface area contributed by atoms with Crippen molar-refractivity contribution < 1.29 is 0 Å². The quantitative estimate of drug-likeness (QED) is 0.668. The van der Waals surface area contributed by atoms with Crippen LogP contribution in [-0.2, 0) is 0 Å². The van der Waals surface area contributed by atoms with E-state index in [1.807, 2.05) is 38.4 Å². The van der Waals surface area contributed by atoms with Crippen molar-refractivity contribution in [2.45, 2.75) is 0 Å². The minimum atomic E-state index is 0.419. The average molecular weight is 228 g/mol. The van der Waals surface area contributed by atoms with Crippen molar-refractivity contribution in [2.75, 3.05) is 19.8 Å². The van der Waals surface area contributed by atoms with E-state index >= 15 is 0 Å². The van der Waals surface area contributed by atoms with Gasteiger partial charge in [-0.3, -0.25) is 0 Å². The van der Waals surface area contributed by atoms with Crippen molar-refractivity contribution in [1.29, 1.82) is 0 Å². The van der Waals surface area contributed by atoms with Crippen LogP contribution in [0.4, 0.5) is 17.2 Å². The highest BCUT2D eigenvalue weighted by molar-refractivity contribution is 6.11. The maximum absolute atomic E-state index is 5.96. The standard InChI is InChI=1S/C12H14N5/c1-17(2)10-7-5-3-4-6-8(7)15-11(13)9(10)16-12(17)14/h3-6H,1-2H3,(H2,13,15)(H2,14,16)/q+1. The van der Waals surface area contributed by atoms with E-state index in [1.54, 1.807) is 0 Å². The number of fused-ring (bicyclic) bond motifs is 3. The van der Waals surface area contributed by atoms with Crippen molar-refractivity contribution in [1.82, 2.24) is 9.47 Å². The Hall–Kier alpha value is -2.14. The van der Waals surface area contributed by atoms with E-state index in [0.29, 0.717) is 21.9 Å². The Morgan fingerprint density at radius 2 is 1.82 bits per heavy atom. The molecule has 0 aliphatic carbocycles. The van der Waals surface area contributed by atoms with Gasteiger partial charge in [0.1, 0.15) is 0 Å². The third-order valence-electron chi connectivity index (χ3n) is 3.23. The molecular formula is C12H14N5+. The zero-order chi connectivity index (χ0) is 12.2. The lowest BCUT2D eigenvalue weighted by atomic mass is 10.1. The van der Waals surface area contributed by atoms with Gasteiger partial charge in [0.15, 0.2) is 17.2 Å². The van der Waals surface area contributed by atoms with Crippen molar-refractivity contribution in [3.8, 4) is 0 Å². The fourth-order valence-electron chi connectivity index (χ4n) is 2.23. The molecule has 0 spiro atoms. The van der Waals surface area contributed by atoms with E-state index in [2.05, 4.69) is 9.98 Å². The van der Waals surface area contributed by atoms with Gasteiger partial charge in [-0.2, -0.15) is 4.99 Å². The maximum Gasteiger partial charge on any atom is 0.305 e. The van der Waals surface area contributed by atoms with E-state index in [-0.39, 0.29) is 0 Å². The summed E-state index contributed by atoms with van der Waals surface area (Å²) in [6.45, 7) is 0. The molecule has 3 rings (SSSR count). The molecule has 2 heterocycles. The summed E-state index contributed by atoms with van der Waals surface area (Å²) in [7, 11) is 3.99. The van der Waals surface area contributed by atoms with Gasteiger partial charge < -0.3 is 11.5 Å². The summed E-state index contributed by atoms with van der Waals surface area (Å²) in [5.41, 5.74) is 14.5. The fraction of sp³-hybridized carbons (Fsp3) is 0.167. The summed E-state index contributed by atoms with van der Waals surface area (Å²) in [5.74, 6) is 0.968. The zero-order valence-electron chi connectivity index (χ0n) is 9.81. The minimum Gasteiger partial charge on any atom is -0.382 e. The highest BCUT2D eigenvalue weighted by Gasteiger charge is 2.38. The molecule has 17 heavy (non-hydrogen) atoms.